The van der Waals surface area contributed by atoms with Crippen LogP contribution in [0, 0.1) is 17.5 Å². The molecule has 9 heteroatoms. The number of carbonyl (C=O) groups is 1. The first kappa shape index (κ1) is 21.1. The molecule has 0 atom stereocenters. The molecule has 0 radical (unpaired) electrons. The lowest BCUT2D eigenvalue weighted by atomic mass is 10.2. The number of hydrogen-bond donors (Lipinski definition) is 0. The molecule has 0 N–H and O–H groups in total. The van der Waals surface area contributed by atoms with Gasteiger partial charge in [0.25, 0.3) is 0 Å². The minimum Gasteiger partial charge on any atom is -0.488 e. The van der Waals surface area contributed by atoms with Gasteiger partial charge in [0.15, 0.2) is 11.6 Å². The maximum Gasteiger partial charge on any atom is 0.311 e. The Morgan fingerprint density at radius 2 is 1.93 bits per heavy atom. The summed E-state index contributed by atoms with van der Waals surface area (Å²) in [6.45, 7) is 1.46. The number of thiazole rings is 1. The van der Waals surface area contributed by atoms with Crippen LogP contribution in [-0.2, 0) is 22.6 Å². The summed E-state index contributed by atoms with van der Waals surface area (Å²) in [7, 11) is 0. The van der Waals surface area contributed by atoms with Crippen molar-refractivity contribution in [3.05, 3.63) is 69.4 Å². The normalized spacial score (nSPS) is 10.8. The van der Waals surface area contributed by atoms with E-state index in [4.69, 9.17) is 21.1 Å². The third kappa shape index (κ3) is 5.07. The van der Waals surface area contributed by atoms with Crippen LogP contribution in [0.5, 0.6) is 5.75 Å². The molecule has 0 aliphatic carbocycles. The Kier molecular flexibility index (Phi) is 6.76. The topological polar surface area (TPSA) is 48.4 Å². The van der Waals surface area contributed by atoms with E-state index in [0.717, 1.165) is 6.07 Å². The van der Waals surface area contributed by atoms with E-state index in [-0.39, 0.29) is 18.8 Å². The van der Waals surface area contributed by atoms with Crippen molar-refractivity contribution < 1.29 is 27.4 Å². The van der Waals surface area contributed by atoms with Gasteiger partial charge in [-0.2, -0.15) is 0 Å². The molecular weight excluding hydrogens is 427 g/mol. The molecule has 4 nitrogen and oxygen atoms in total. The first-order valence-electron chi connectivity index (χ1n) is 8.54. The fourth-order valence-corrected chi connectivity index (χ4v) is 3.53. The second-order valence-corrected chi connectivity index (χ2v) is 7.17. The van der Waals surface area contributed by atoms with Crippen molar-refractivity contribution in [2.24, 2.45) is 0 Å². The molecule has 1 heterocycles. The van der Waals surface area contributed by atoms with E-state index in [1.807, 2.05) is 0 Å². The minimum absolute atomic E-state index is 0.0147. The molecule has 0 unspecified atom stereocenters. The molecule has 0 aliphatic rings. The van der Waals surface area contributed by atoms with Crippen molar-refractivity contribution in [3.8, 4) is 16.3 Å². The van der Waals surface area contributed by atoms with Crippen LogP contribution in [0.3, 0.4) is 0 Å². The van der Waals surface area contributed by atoms with Crippen LogP contribution in [0.25, 0.3) is 10.6 Å². The van der Waals surface area contributed by atoms with Crippen molar-refractivity contribution in [1.82, 2.24) is 4.98 Å². The standard InChI is InChI=1S/C20H15ClF3NO3S/c1-2-27-18(26)8-12-10-29-20(25-12)13-7-11(21)3-6-17(13)28-9-14-15(22)4-5-16(23)19(14)24/h3-7,10H,2,8-9H2,1H3. The monoisotopic (exact) mass is 441 g/mol. The Morgan fingerprint density at radius 3 is 2.69 bits per heavy atom. The zero-order valence-corrected chi connectivity index (χ0v) is 16.7. The summed E-state index contributed by atoms with van der Waals surface area (Å²) in [5.41, 5.74) is 0.472. The summed E-state index contributed by atoms with van der Waals surface area (Å²) in [6, 6.07) is 6.21. The Morgan fingerprint density at radius 1 is 1.17 bits per heavy atom. The number of hydrogen-bond acceptors (Lipinski definition) is 5. The number of esters is 1. The molecule has 0 bridgehead atoms. The van der Waals surface area contributed by atoms with E-state index in [0.29, 0.717) is 27.4 Å². The average molecular weight is 442 g/mol. The summed E-state index contributed by atoms with van der Waals surface area (Å²) in [4.78, 5) is 16.0. The lowest BCUT2D eigenvalue weighted by Gasteiger charge is -2.12. The zero-order chi connectivity index (χ0) is 21.0. The van der Waals surface area contributed by atoms with Gasteiger partial charge in [0.1, 0.15) is 23.2 Å². The second kappa shape index (κ2) is 9.28. The number of benzene rings is 2. The molecule has 29 heavy (non-hydrogen) atoms. The molecule has 1 aromatic heterocycles. The van der Waals surface area contributed by atoms with E-state index >= 15 is 0 Å². The number of carbonyl (C=O) groups excluding carboxylic acids is 1. The lowest BCUT2D eigenvalue weighted by molar-refractivity contribution is -0.142. The van der Waals surface area contributed by atoms with Crippen molar-refractivity contribution in [3.63, 3.8) is 0 Å². The van der Waals surface area contributed by atoms with Crippen molar-refractivity contribution in [1.29, 1.82) is 0 Å². The zero-order valence-electron chi connectivity index (χ0n) is 15.2. The number of nitrogens with zero attached hydrogens (tertiary/aromatic N) is 1. The largest absolute Gasteiger partial charge is 0.488 e. The van der Waals surface area contributed by atoms with Gasteiger partial charge in [-0.05, 0) is 37.3 Å². The van der Waals surface area contributed by atoms with Crippen LogP contribution in [0.15, 0.2) is 35.7 Å². The van der Waals surface area contributed by atoms with E-state index in [1.165, 1.54) is 17.4 Å². The van der Waals surface area contributed by atoms with Crippen molar-refractivity contribution >= 4 is 28.9 Å². The van der Waals surface area contributed by atoms with E-state index < -0.39 is 35.6 Å². The number of halogens is 4. The smallest absolute Gasteiger partial charge is 0.311 e. The molecule has 2 aromatic carbocycles. The van der Waals surface area contributed by atoms with Gasteiger partial charge in [0.2, 0.25) is 0 Å². The maximum absolute atomic E-state index is 13.9. The van der Waals surface area contributed by atoms with Gasteiger partial charge in [-0.1, -0.05) is 11.6 Å². The van der Waals surface area contributed by atoms with Crippen LogP contribution in [-0.4, -0.2) is 17.6 Å². The molecule has 3 rings (SSSR count). The molecule has 0 fully saturated rings. The van der Waals surface area contributed by atoms with E-state index in [1.54, 1.807) is 24.4 Å². The highest BCUT2D eigenvalue weighted by molar-refractivity contribution is 7.13. The quantitative estimate of drug-likeness (QED) is 0.355. The van der Waals surface area contributed by atoms with Gasteiger partial charge in [0.05, 0.1) is 29.8 Å². The lowest BCUT2D eigenvalue weighted by Crippen LogP contribution is -2.07. The molecule has 0 aliphatic heterocycles. The summed E-state index contributed by atoms with van der Waals surface area (Å²) in [5, 5.41) is 2.60. The van der Waals surface area contributed by atoms with Crippen molar-refractivity contribution in [2.45, 2.75) is 20.0 Å². The van der Waals surface area contributed by atoms with Crippen LogP contribution in [0.2, 0.25) is 5.02 Å². The fraction of sp³-hybridized carbons (Fsp3) is 0.200. The van der Waals surface area contributed by atoms with E-state index in [9.17, 15) is 18.0 Å². The number of rotatable bonds is 7. The molecule has 0 saturated carbocycles. The Bertz CT molecular complexity index is 1040. The van der Waals surface area contributed by atoms with Gasteiger partial charge in [-0.15, -0.1) is 11.3 Å². The SMILES string of the molecule is CCOC(=O)Cc1csc(-c2cc(Cl)ccc2OCc2c(F)ccc(F)c2F)n1. The van der Waals surface area contributed by atoms with Crippen LogP contribution < -0.4 is 4.74 Å². The second-order valence-electron chi connectivity index (χ2n) is 5.88. The van der Waals surface area contributed by atoms with Crippen molar-refractivity contribution in [2.75, 3.05) is 6.61 Å². The summed E-state index contributed by atoms with van der Waals surface area (Å²) < 4.78 is 51.5. The minimum atomic E-state index is -1.30. The summed E-state index contributed by atoms with van der Waals surface area (Å²) in [5.74, 6) is -3.51. The van der Waals surface area contributed by atoms with Gasteiger partial charge >= 0.3 is 5.97 Å². The molecule has 152 valence electrons. The third-order valence-electron chi connectivity index (χ3n) is 3.87. The molecule has 0 saturated heterocycles. The molecule has 3 aromatic rings. The molecular formula is C20H15ClF3NO3S. The first-order valence-corrected chi connectivity index (χ1v) is 9.80. The highest BCUT2D eigenvalue weighted by Gasteiger charge is 2.17. The van der Waals surface area contributed by atoms with Crippen LogP contribution >= 0.6 is 22.9 Å². The van der Waals surface area contributed by atoms with Gasteiger partial charge in [0, 0.05) is 10.4 Å². The van der Waals surface area contributed by atoms with E-state index in [2.05, 4.69) is 4.98 Å². The average Bonchev–Trinajstić information content (AvgIpc) is 3.14. The first-order chi connectivity index (χ1) is 13.9. The highest BCUT2D eigenvalue weighted by Crippen LogP contribution is 2.35. The predicted molar refractivity (Wildman–Crippen MR) is 104 cm³/mol. The Hall–Kier alpha value is -2.58. The van der Waals surface area contributed by atoms with Crippen LogP contribution in [0.4, 0.5) is 13.2 Å². The molecule has 0 amide bonds. The van der Waals surface area contributed by atoms with Gasteiger partial charge < -0.3 is 9.47 Å². The Labute approximate surface area is 173 Å². The maximum atomic E-state index is 13.9. The Balaban J connectivity index is 1.85. The number of ether oxygens (including phenoxy) is 2. The molecule has 0 spiro atoms. The highest BCUT2D eigenvalue weighted by atomic mass is 35.5. The summed E-state index contributed by atoms with van der Waals surface area (Å²) >= 11 is 7.32. The predicted octanol–water partition coefficient (Wildman–Crippen LogP) is 5.57. The van der Waals surface area contributed by atoms with Gasteiger partial charge in [-0.3, -0.25) is 4.79 Å². The number of aromatic nitrogens is 1. The third-order valence-corrected chi connectivity index (χ3v) is 5.02. The van der Waals surface area contributed by atoms with Gasteiger partial charge in [-0.25, -0.2) is 18.2 Å². The summed E-state index contributed by atoms with van der Waals surface area (Å²) in [6.07, 6.45) is 0.0147. The van der Waals surface area contributed by atoms with Crippen LogP contribution in [0.1, 0.15) is 18.2 Å². The fourth-order valence-electron chi connectivity index (χ4n) is 2.52.